The zero-order chi connectivity index (χ0) is 14.7. The maximum absolute atomic E-state index is 6.08. The highest BCUT2D eigenvalue weighted by Crippen LogP contribution is 2.21. The number of benzene rings is 2. The van der Waals surface area contributed by atoms with Crippen LogP contribution in [0.25, 0.3) is 0 Å². The molecule has 0 aromatic heterocycles. The van der Waals surface area contributed by atoms with Gasteiger partial charge in [-0.15, -0.1) is 0 Å². The van der Waals surface area contributed by atoms with Crippen molar-refractivity contribution in [1.82, 2.24) is 4.90 Å². The van der Waals surface area contributed by atoms with Gasteiger partial charge in [-0.25, -0.2) is 0 Å². The summed E-state index contributed by atoms with van der Waals surface area (Å²) in [6, 6.07) is 16.9. The van der Waals surface area contributed by atoms with E-state index >= 15 is 0 Å². The minimum atomic E-state index is 0.815. The van der Waals surface area contributed by atoms with Crippen LogP contribution in [0, 0.1) is 6.92 Å². The first-order valence-corrected chi connectivity index (χ1v) is 7.87. The molecule has 1 heterocycles. The first-order valence-electron chi connectivity index (χ1n) is 7.49. The molecule has 2 aromatic carbocycles. The van der Waals surface area contributed by atoms with Gasteiger partial charge in [0.2, 0.25) is 0 Å². The summed E-state index contributed by atoms with van der Waals surface area (Å²) in [6.07, 6.45) is 0. The number of aryl methyl sites for hydroxylation is 1. The van der Waals surface area contributed by atoms with E-state index in [0.717, 1.165) is 37.7 Å². The van der Waals surface area contributed by atoms with Crippen LogP contribution in [0.4, 0.5) is 5.69 Å². The molecule has 0 aliphatic carbocycles. The van der Waals surface area contributed by atoms with Crippen molar-refractivity contribution in [2.75, 3.05) is 31.1 Å². The Balaban J connectivity index is 1.58. The van der Waals surface area contributed by atoms with Gasteiger partial charge in [-0.1, -0.05) is 47.5 Å². The summed E-state index contributed by atoms with van der Waals surface area (Å²) in [4.78, 5) is 4.94. The van der Waals surface area contributed by atoms with Gasteiger partial charge in [0.1, 0.15) is 0 Å². The van der Waals surface area contributed by atoms with Crippen molar-refractivity contribution in [2.24, 2.45) is 0 Å². The number of rotatable bonds is 3. The normalized spacial score (nSPS) is 16.2. The van der Waals surface area contributed by atoms with Crippen LogP contribution < -0.4 is 4.90 Å². The van der Waals surface area contributed by atoms with E-state index in [1.54, 1.807) is 0 Å². The number of nitrogens with zero attached hydrogens (tertiary/aromatic N) is 2. The van der Waals surface area contributed by atoms with E-state index in [2.05, 4.69) is 53.1 Å². The van der Waals surface area contributed by atoms with Crippen LogP contribution in [0.3, 0.4) is 0 Å². The van der Waals surface area contributed by atoms with Gasteiger partial charge >= 0.3 is 0 Å². The van der Waals surface area contributed by atoms with Gasteiger partial charge in [-0.2, -0.15) is 0 Å². The predicted molar refractivity (Wildman–Crippen MR) is 90.1 cm³/mol. The van der Waals surface area contributed by atoms with Crippen molar-refractivity contribution in [2.45, 2.75) is 13.5 Å². The molecule has 2 aromatic rings. The highest BCUT2D eigenvalue weighted by atomic mass is 35.5. The molecule has 0 amide bonds. The van der Waals surface area contributed by atoms with Crippen molar-refractivity contribution >= 4 is 17.3 Å². The lowest BCUT2D eigenvalue weighted by atomic mass is 10.1. The second-order valence-electron chi connectivity index (χ2n) is 5.73. The average Bonchev–Trinajstić information content (AvgIpc) is 2.48. The number of hydrogen-bond acceptors (Lipinski definition) is 2. The monoisotopic (exact) mass is 300 g/mol. The lowest BCUT2D eigenvalue weighted by Crippen LogP contribution is -2.45. The molecule has 1 fully saturated rings. The zero-order valence-electron chi connectivity index (χ0n) is 12.4. The Morgan fingerprint density at radius 3 is 2.43 bits per heavy atom. The lowest BCUT2D eigenvalue weighted by molar-refractivity contribution is 0.250. The molecule has 0 atom stereocenters. The highest BCUT2D eigenvalue weighted by Gasteiger charge is 2.17. The minimum absolute atomic E-state index is 0.815. The summed E-state index contributed by atoms with van der Waals surface area (Å²) < 4.78 is 0. The standard InChI is InChI=1S/C18H21ClN2/c1-15-4-2-5-16(12-15)14-20-8-10-21(11-9-20)18-7-3-6-17(19)13-18/h2-7,12-13H,8-11,14H2,1H3. The topological polar surface area (TPSA) is 6.48 Å². The Bertz CT molecular complexity index is 604. The van der Waals surface area contributed by atoms with Crippen LogP contribution in [0.15, 0.2) is 48.5 Å². The molecule has 110 valence electrons. The SMILES string of the molecule is Cc1cccc(CN2CCN(c3cccc(Cl)c3)CC2)c1. The minimum Gasteiger partial charge on any atom is -0.369 e. The van der Waals surface area contributed by atoms with Crippen LogP contribution >= 0.6 is 11.6 Å². The van der Waals surface area contributed by atoms with E-state index in [4.69, 9.17) is 11.6 Å². The second kappa shape index (κ2) is 6.50. The van der Waals surface area contributed by atoms with E-state index in [-0.39, 0.29) is 0 Å². The molecule has 3 rings (SSSR count). The first kappa shape index (κ1) is 14.4. The van der Waals surface area contributed by atoms with Crippen molar-refractivity contribution in [3.8, 4) is 0 Å². The van der Waals surface area contributed by atoms with E-state index in [1.165, 1.54) is 16.8 Å². The molecule has 2 nitrogen and oxygen atoms in total. The van der Waals surface area contributed by atoms with Crippen molar-refractivity contribution < 1.29 is 0 Å². The molecule has 1 aliphatic heterocycles. The fourth-order valence-corrected chi connectivity index (χ4v) is 3.09. The molecule has 0 unspecified atom stereocenters. The largest absolute Gasteiger partial charge is 0.369 e. The number of halogens is 1. The summed E-state index contributed by atoms with van der Waals surface area (Å²) in [5, 5.41) is 0.815. The van der Waals surface area contributed by atoms with Crippen LogP contribution in [0.5, 0.6) is 0 Å². The van der Waals surface area contributed by atoms with Gasteiger partial charge in [0.15, 0.2) is 0 Å². The Hall–Kier alpha value is -1.51. The van der Waals surface area contributed by atoms with Gasteiger partial charge in [-0.3, -0.25) is 4.90 Å². The van der Waals surface area contributed by atoms with Crippen LogP contribution in [0.1, 0.15) is 11.1 Å². The first-order chi connectivity index (χ1) is 10.2. The third-order valence-corrected chi connectivity index (χ3v) is 4.27. The highest BCUT2D eigenvalue weighted by molar-refractivity contribution is 6.30. The van der Waals surface area contributed by atoms with E-state index in [0.29, 0.717) is 0 Å². The molecule has 0 N–H and O–H groups in total. The molecule has 0 bridgehead atoms. The summed E-state index contributed by atoms with van der Waals surface area (Å²) in [7, 11) is 0. The second-order valence-corrected chi connectivity index (χ2v) is 6.17. The smallest absolute Gasteiger partial charge is 0.0426 e. The van der Waals surface area contributed by atoms with Gasteiger partial charge in [-0.05, 0) is 30.7 Å². The number of anilines is 1. The van der Waals surface area contributed by atoms with Gasteiger partial charge in [0.25, 0.3) is 0 Å². The Morgan fingerprint density at radius 1 is 0.952 bits per heavy atom. The predicted octanol–water partition coefficient (Wildman–Crippen LogP) is 3.97. The quantitative estimate of drug-likeness (QED) is 0.846. The summed E-state index contributed by atoms with van der Waals surface area (Å²) in [5.41, 5.74) is 3.98. The fourth-order valence-electron chi connectivity index (χ4n) is 2.91. The molecular formula is C18H21ClN2. The fraction of sp³-hybridized carbons (Fsp3) is 0.333. The van der Waals surface area contributed by atoms with Crippen LogP contribution in [0.2, 0.25) is 5.02 Å². The lowest BCUT2D eigenvalue weighted by Gasteiger charge is -2.36. The maximum atomic E-state index is 6.08. The van der Waals surface area contributed by atoms with E-state index < -0.39 is 0 Å². The molecule has 0 radical (unpaired) electrons. The number of piperazine rings is 1. The Labute approximate surface area is 131 Å². The third-order valence-electron chi connectivity index (χ3n) is 4.03. The van der Waals surface area contributed by atoms with Gasteiger partial charge < -0.3 is 4.90 Å². The average molecular weight is 301 g/mol. The van der Waals surface area contributed by atoms with Crippen molar-refractivity contribution in [3.05, 3.63) is 64.7 Å². The summed E-state index contributed by atoms with van der Waals surface area (Å²) in [5.74, 6) is 0. The Kier molecular flexibility index (Phi) is 4.47. The van der Waals surface area contributed by atoms with Gasteiger partial charge in [0, 0.05) is 43.4 Å². The summed E-state index contributed by atoms with van der Waals surface area (Å²) in [6.45, 7) is 7.52. The molecule has 1 aliphatic rings. The van der Waals surface area contributed by atoms with E-state index in [1.807, 2.05) is 12.1 Å². The summed E-state index contributed by atoms with van der Waals surface area (Å²) >= 11 is 6.08. The van der Waals surface area contributed by atoms with E-state index in [9.17, 15) is 0 Å². The maximum Gasteiger partial charge on any atom is 0.0426 e. The van der Waals surface area contributed by atoms with Gasteiger partial charge in [0.05, 0.1) is 0 Å². The van der Waals surface area contributed by atoms with Crippen molar-refractivity contribution in [3.63, 3.8) is 0 Å². The molecule has 3 heteroatoms. The third kappa shape index (κ3) is 3.78. The van der Waals surface area contributed by atoms with Crippen LogP contribution in [-0.4, -0.2) is 31.1 Å². The Morgan fingerprint density at radius 2 is 1.71 bits per heavy atom. The molecule has 21 heavy (non-hydrogen) atoms. The molecule has 0 spiro atoms. The zero-order valence-corrected chi connectivity index (χ0v) is 13.2. The van der Waals surface area contributed by atoms with Crippen LogP contribution in [-0.2, 0) is 6.54 Å². The number of hydrogen-bond donors (Lipinski definition) is 0. The molecular weight excluding hydrogens is 280 g/mol. The molecule has 1 saturated heterocycles. The molecule has 0 saturated carbocycles. The van der Waals surface area contributed by atoms with Crippen molar-refractivity contribution in [1.29, 1.82) is 0 Å².